The van der Waals surface area contributed by atoms with Gasteiger partial charge in [0.25, 0.3) is 0 Å². The van der Waals surface area contributed by atoms with Crippen LogP contribution in [0.25, 0.3) is 0 Å². The summed E-state index contributed by atoms with van der Waals surface area (Å²) in [6, 6.07) is 3.14. The number of rotatable bonds is 6. The Morgan fingerprint density at radius 1 is 1.32 bits per heavy atom. The maximum Gasteiger partial charge on any atom is 0.246 e. The molecular weight excluding hydrogens is 262 g/mol. The lowest BCUT2D eigenvalue weighted by atomic mass is 10.2. The molecule has 0 aromatic carbocycles. The van der Waals surface area contributed by atoms with Gasteiger partial charge in [-0.25, -0.2) is 13.4 Å². The summed E-state index contributed by atoms with van der Waals surface area (Å²) < 4.78 is 27.0. The molecule has 1 aromatic heterocycles. The first-order valence-corrected chi connectivity index (χ1v) is 7.89. The van der Waals surface area contributed by atoms with E-state index in [4.69, 9.17) is 0 Å². The van der Waals surface area contributed by atoms with Gasteiger partial charge in [0.2, 0.25) is 10.0 Å². The van der Waals surface area contributed by atoms with Gasteiger partial charge < -0.3 is 5.32 Å². The summed E-state index contributed by atoms with van der Waals surface area (Å²) >= 11 is 0. The molecule has 0 aliphatic carbocycles. The number of nitrogens with zero attached hydrogens (tertiary/aromatic N) is 2. The van der Waals surface area contributed by atoms with Gasteiger partial charge in [-0.05, 0) is 31.9 Å². The van der Waals surface area contributed by atoms with E-state index < -0.39 is 10.0 Å². The molecule has 5 nitrogen and oxygen atoms in total. The minimum absolute atomic E-state index is 0.0858. The zero-order valence-corrected chi connectivity index (χ0v) is 13.0. The zero-order chi connectivity index (χ0) is 14.6. The van der Waals surface area contributed by atoms with Crippen LogP contribution in [0.15, 0.2) is 23.2 Å². The van der Waals surface area contributed by atoms with Crippen LogP contribution in [0.5, 0.6) is 0 Å². The summed E-state index contributed by atoms with van der Waals surface area (Å²) in [4.78, 5) is 4.30. The summed E-state index contributed by atoms with van der Waals surface area (Å²) in [5, 5.41) is 2.83. The maximum absolute atomic E-state index is 12.7. The fourth-order valence-corrected chi connectivity index (χ4v) is 3.81. The van der Waals surface area contributed by atoms with Gasteiger partial charge in [0.05, 0.1) is 0 Å². The van der Waals surface area contributed by atoms with Crippen molar-refractivity contribution in [1.82, 2.24) is 9.29 Å². The molecule has 0 radical (unpaired) electrons. The first kappa shape index (κ1) is 15.9. The van der Waals surface area contributed by atoms with Crippen LogP contribution in [0.3, 0.4) is 0 Å². The largest absolute Gasteiger partial charge is 0.372 e. The fourth-order valence-electron chi connectivity index (χ4n) is 1.86. The number of hydrogen-bond acceptors (Lipinski definition) is 4. The van der Waals surface area contributed by atoms with Crippen LogP contribution in [0.1, 0.15) is 27.7 Å². The fraction of sp³-hybridized carbons (Fsp3) is 0.615. The van der Waals surface area contributed by atoms with Crippen LogP contribution in [0.2, 0.25) is 0 Å². The van der Waals surface area contributed by atoms with Crippen LogP contribution >= 0.6 is 0 Å². The van der Waals surface area contributed by atoms with Crippen molar-refractivity contribution in [1.29, 1.82) is 0 Å². The van der Waals surface area contributed by atoms with E-state index in [1.165, 1.54) is 4.31 Å². The summed E-state index contributed by atoms with van der Waals surface area (Å²) in [5.74, 6) is 0.656. The molecule has 1 N–H and O–H groups in total. The highest BCUT2D eigenvalue weighted by molar-refractivity contribution is 7.89. The van der Waals surface area contributed by atoms with Crippen LogP contribution in [-0.4, -0.2) is 37.3 Å². The first-order valence-electron chi connectivity index (χ1n) is 6.45. The third-order valence-corrected chi connectivity index (χ3v) is 4.79. The zero-order valence-electron chi connectivity index (χ0n) is 12.2. The molecular formula is C13H23N3O2S. The molecule has 0 spiro atoms. The minimum atomic E-state index is -3.53. The highest BCUT2D eigenvalue weighted by Gasteiger charge is 2.29. The molecule has 0 unspecified atom stereocenters. The van der Waals surface area contributed by atoms with Gasteiger partial charge in [0.1, 0.15) is 10.7 Å². The van der Waals surface area contributed by atoms with E-state index in [1.54, 1.807) is 25.4 Å². The van der Waals surface area contributed by atoms with Crippen LogP contribution < -0.4 is 5.32 Å². The van der Waals surface area contributed by atoms with Crippen LogP contribution in [0.4, 0.5) is 5.82 Å². The van der Waals surface area contributed by atoms with Crippen molar-refractivity contribution >= 4 is 15.8 Å². The smallest absolute Gasteiger partial charge is 0.246 e. The van der Waals surface area contributed by atoms with Gasteiger partial charge >= 0.3 is 0 Å². The second kappa shape index (κ2) is 6.34. The van der Waals surface area contributed by atoms with Gasteiger partial charge in [0.15, 0.2) is 0 Å². The normalized spacial score (nSPS) is 12.4. The topological polar surface area (TPSA) is 62.3 Å². The van der Waals surface area contributed by atoms with Crippen molar-refractivity contribution in [2.24, 2.45) is 5.92 Å². The van der Waals surface area contributed by atoms with Crippen LogP contribution in [-0.2, 0) is 10.0 Å². The van der Waals surface area contributed by atoms with E-state index in [-0.39, 0.29) is 16.9 Å². The molecule has 0 aliphatic rings. The van der Waals surface area contributed by atoms with E-state index in [0.717, 1.165) is 0 Å². The summed E-state index contributed by atoms with van der Waals surface area (Å²) in [5.41, 5.74) is 0. The van der Waals surface area contributed by atoms with E-state index in [2.05, 4.69) is 10.3 Å². The number of nitrogens with one attached hydrogen (secondary N) is 1. The molecule has 1 rings (SSSR count). The second-order valence-electron chi connectivity index (χ2n) is 5.16. The monoisotopic (exact) mass is 285 g/mol. The molecule has 19 heavy (non-hydrogen) atoms. The Labute approximate surface area is 116 Å². The molecule has 0 atom stereocenters. The van der Waals surface area contributed by atoms with Crippen molar-refractivity contribution in [3.05, 3.63) is 18.3 Å². The SMILES string of the molecule is CNc1ncccc1S(=O)(=O)N(CC(C)C)C(C)C. The van der Waals surface area contributed by atoms with Crippen LogP contribution in [0, 0.1) is 5.92 Å². The predicted molar refractivity (Wildman–Crippen MR) is 77.6 cm³/mol. The van der Waals surface area contributed by atoms with Crippen molar-refractivity contribution in [2.75, 3.05) is 18.9 Å². The number of anilines is 1. The van der Waals surface area contributed by atoms with E-state index in [1.807, 2.05) is 27.7 Å². The predicted octanol–water partition coefficient (Wildman–Crippen LogP) is 2.18. The molecule has 0 aliphatic heterocycles. The second-order valence-corrected chi connectivity index (χ2v) is 7.02. The number of sulfonamides is 1. The molecule has 108 valence electrons. The molecule has 1 aromatic rings. The standard InChI is InChI=1S/C13H23N3O2S/c1-10(2)9-16(11(3)4)19(17,18)12-7-6-8-15-13(12)14-5/h6-8,10-11H,9H2,1-5H3,(H,14,15). The van der Waals surface area contributed by atoms with Crippen molar-refractivity contribution in [3.63, 3.8) is 0 Å². The third kappa shape index (κ3) is 3.67. The maximum atomic E-state index is 12.7. The minimum Gasteiger partial charge on any atom is -0.372 e. The average Bonchev–Trinajstić information content (AvgIpc) is 2.35. The number of pyridine rings is 1. The van der Waals surface area contributed by atoms with Crippen molar-refractivity contribution in [2.45, 2.75) is 38.6 Å². The molecule has 6 heteroatoms. The Morgan fingerprint density at radius 2 is 1.95 bits per heavy atom. The molecule has 0 saturated heterocycles. The van der Waals surface area contributed by atoms with Gasteiger partial charge in [0, 0.05) is 25.8 Å². The Balaban J connectivity index is 3.27. The summed E-state index contributed by atoms with van der Waals surface area (Å²) in [7, 11) is -1.86. The molecule has 0 amide bonds. The summed E-state index contributed by atoms with van der Waals surface area (Å²) in [6.07, 6.45) is 1.58. The van der Waals surface area contributed by atoms with Gasteiger partial charge in [-0.1, -0.05) is 13.8 Å². The third-order valence-electron chi connectivity index (χ3n) is 2.72. The van der Waals surface area contributed by atoms with Gasteiger partial charge in [-0.2, -0.15) is 4.31 Å². The Morgan fingerprint density at radius 3 is 2.42 bits per heavy atom. The van der Waals surface area contributed by atoms with E-state index in [9.17, 15) is 8.42 Å². The van der Waals surface area contributed by atoms with Gasteiger partial charge in [-0.15, -0.1) is 0 Å². The number of hydrogen-bond donors (Lipinski definition) is 1. The Bertz CT molecular complexity index is 512. The lowest BCUT2D eigenvalue weighted by Crippen LogP contribution is -2.39. The first-order chi connectivity index (χ1) is 8.80. The highest BCUT2D eigenvalue weighted by Crippen LogP contribution is 2.24. The van der Waals surface area contributed by atoms with Gasteiger partial charge in [-0.3, -0.25) is 0 Å². The Hall–Kier alpha value is -1.14. The lowest BCUT2D eigenvalue weighted by molar-refractivity contribution is 0.319. The number of aromatic nitrogens is 1. The average molecular weight is 285 g/mol. The molecule has 0 saturated carbocycles. The van der Waals surface area contributed by atoms with E-state index in [0.29, 0.717) is 12.4 Å². The van der Waals surface area contributed by atoms with Crippen molar-refractivity contribution < 1.29 is 8.42 Å². The van der Waals surface area contributed by atoms with Crippen molar-refractivity contribution in [3.8, 4) is 0 Å². The molecule has 0 bridgehead atoms. The quantitative estimate of drug-likeness (QED) is 0.870. The Kier molecular flexibility index (Phi) is 5.31. The summed E-state index contributed by atoms with van der Waals surface area (Å²) in [6.45, 7) is 8.28. The highest BCUT2D eigenvalue weighted by atomic mass is 32.2. The molecule has 0 fully saturated rings. The lowest BCUT2D eigenvalue weighted by Gasteiger charge is -2.28. The van der Waals surface area contributed by atoms with E-state index >= 15 is 0 Å². The molecule has 1 heterocycles.